The molecule has 0 bridgehead atoms. The molecule has 3 aliphatic rings. The number of anilines is 3. The minimum absolute atomic E-state index is 0.0596. The second-order valence-corrected chi connectivity index (χ2v) is 9.32. The zero-order valence-corrected chi connectivity index (χ0v) is 19.9. The topological polar surface area (TPSA) is 140 Å². The van der Waals surface area contributed by atoms with Crippen LogP contribution in [-0.2, 0) is 27.2 Å². The Morgan fingerprint density at radius 1 is 1.06 bits per heavy atom. The van der Waals surface area contributed by atoms with Crippen LogP contribution in [0.4, 0.5) is 26.7 Å². The number of nitrogens with one attached hydrogen (secondary N) is 4. The smallest absolute Gasteiger partial charge is 0.322 e. The summed E-state index contributed by atoms with van der Waals surface area (Å²) < 4.78 is 0. The van der Waals surface area contributed by atoms with Crippen molar-refractivity contribution in [2.45, 2.75) is 37.8 Å². The van der Waals surface area contributed by atoms with E-state index in [1.807, 2.05) is 6.07 Å². The molecule has 2 aliphatic heterocycles. The molecule has 11 nitrogen and oxygen atoms in total. The number of hydrogen-bond acceptors (Lipinski definition) is 5. The summed E-state index contributed by atoms with van der Waals surface area (Å²) in [5, 5.41) is 10.4. The molecule has 11 heteroatoms. The Balaban J connectivity index is 1.35. The number of imide groups is 1. The van der Waals surface area contributed by atoms with Crippen LogP contribution in [0.1, 0.15) is 24.5 Å². The molecule has 0 aromatic heterocycles. The molecule has 186 valence electrons. The van der Waals surface area contributed by atoms with E-state index in [4.69, 9.17) is 0 Å². The number of carbonyl (C=O) groups excluding carboxylic acids is 5. The Kier molecular flexibility index (Phi) is 5.62. The molecule has 7 amide bonds. The number of benzene rings is 2. The second kappa shape index (κ2) is 8.67. The third kappa shape index (κ3) is 3.92. The van der Waals surface area contributed by atoms with Crippen LogP contribution in [-0.4, -0.2) is 55.0 Å². The summed E-state index contributed by atoms with van der Waals surface area (Å²) in [6, 6.07) is 11.1. The second-order valence-electron chi connectivity index (χ2n) is 9.32. The number of para-hydroxylation sites is 2. The van der Waals surface area contributed by atoms with Crippen LogP contribution in [0.15, 0.2) is 42.5 Å². The standard InChI is InChI=1S/C25H26N6O5/c1-14-9-21(33)30(18-5-3-4-6-19(18)31(14)24(36)26-2)13-20(32)27-17-8-7-15-11-25(12-16(15)10-17)22(34)28-23(35)29-25/h3-8,10,14H,9,11-13H2,1-2H3,(H,26,36)(H,27,32)(H2,28,29,34,35). The van der Waals surface area contributed by atoms with E-state index in [-0.39, 0.29) is 30.8 Å². The molecule has 1 fully saturated rings. The molecule has 36 heavy (non-hydrogen) atoms. The summed E-state index contributed by atoms with van der Waals surface area (Å²) >= 11 is 0. The Hall–Kier alpha value is -4.41. The molecule has 2 atom stereocenters. The first-order valence-corrected chi connectivity index (χ1v) is 11.7. The minimum Gasteiger partial charge on any atom is -0.341 e. The molecular formula is C25H26N6O5. The zero-order valence-electron chi connectivity index (χ0n) is 19.9. The van der Waals surface area contributed by atoms with Gasteiger partial charge in [-0.1, -0.05) is 18.2 Å². The molecule has 2 aromatic carbocycles. The Morgan fingerprint density at radius 2 is 1.78 bits per heavy atom. The number of nitrogens with zero attached hydrogens (tertiary/aromatic N) is 2. The Morgan fingerprint density at radius 3 is 2.47 bits per heavy atom. The molecule has 1 spiro atoms. The number of urea groups is 2. The minimum atomic E-state index is -0.989. The van der Waals surface area contributed by atoms with E-state index in [2.05, 4.69) is 21.3 Å². The molecule has 2 heterocycles. The van der Waals surface area contributed by atoms with Gasteiger partial charge < -0.3 is 20.9 Å². The van der Waals surface area contributed by atoms with Crippen LogP contribution in [0, 0.1) is 0 Å². The maximum atomic E-state index is 13.1. The molecule has 2 unspecified atom stereocenters. The first-order valence-electron chi connectivity index (χ1n) is 11.7. The maximum absolute atomic E-state index is 13.1. The highest BCUT2D eigenvalue weighted by molar-refractivity contribution is 6.09. The van der Waals surface area contributed by atoms with Crippen molar-refractivity contribution >= 4 is 46.8 Å². The number of amides is 7. The summed E-state index contributed by atoms with van der Waals surface area (Å²) in [5.41, 5.74) is 2.34. The summed E-state index contributed by atoms with van der Waals surface area (Å²) in [6.45, 7) is 1.56. The zero-order chi connectivity index (χ0) is 25.6. The van der Waals surface area contributed by atoms with Gasteiger partial charge in [0.05, 0.1) is 11.4 Å². The molecule has 1 aliphatic carbocycles. The average Bonchev–Trinajstić information content (AvgIpc) is 3.30. The van der Waals surface area contributed by atoms with Gasteiger partial charge in [-0.3, -0.25) is 24.6 Å². The van der Waals surface area contributed by atoms with E-state index in [0.717, 1.165) is 11.1 Å². The normalized spacial score (nSPS) is 22.5. The van der Waals surface area contributed by atoms with Gasteiger partial charge in [0.25, 0.3) is 5.91 Å². The van der Waals surface area contributed by atoms with Gasteiger partial charge in [-0.2, -0.15) is 0 Å². The third-order valence-electron chi connectivity index (χ3n) is 6.87. The predicted octanol–water partition coefficient (Wildman–Crippen LogP) is 1.27. The lowest BCUT2D eigenvalue weighted by Gasteiger charge is -2.27. The number of carbonyl (C=O) groups is 5. The first-order chi connectivity index (χ1) is 17.2. The van der Waals surface area contributed by atoms with Gasteiger partial charge in [-0.05, 0) is 42.3 Å². The molecule has 2 aromatic rings. The van der Waals surface area contributed by atoms with Gasteiger partial charge in [-0.25, -0.2) is 9.59 Å². The summed E-state index contributed by atoms with van der Waals surface area (Å²) in [4.78, 5) is 65.5. The van der Waals surface area contributed by atoms with Crippen molar-refractivity contribution in [3.63, 3.8) is 0 Å². The lowest BCUT2D eigenvalue weighted by molar-refractivity contribution is -0.123. The van der Waals surface area contributed by atoms with Crippen LogP contribution in [0.5, 0.6) is 0 Å². The fourth-order valence-corrected chi connectivity index (χ4v) is 5.20. The van der Waals surface area contributed by atoms with Crippen LogP contribution in [0.25, 0.3) is 0 Å². The van der Waals surface area contributed by atoms with Gasteiger partial charge in [0.2, 0.25) is 11.8 Å². The highest BCUT2D eigenvalue weighted by Gasteiger charge is 2.50. The van der Waals surface area contributed by atoms with Crippen LogP contribution in [0.2, 0.25) is 0 Å². The van der Waals surface area contributed by atoms with Gasteiger partial charge in [0.1, 0.15) is 12.1 Å². The lowest BCUT2D eigenvalue weighted by atomic mass is 9.96. The van der Waals surface area contributed by atoms with Crippen molar-refractivity contribution in [1.82, 2.24) is 16.0 Å². The van der Waals surface area contributed by atoms with Crippen LogP contribution >= 0.6 is 0 Å². The van der Waals surface area contributed by atoms with Crippen molar-refractivity contribution < 1.29 is 24.0 Å². The molecule has 0 saturated carbocycles. The van der Waals surface area contributed by atoms with E-state index >= 15 is 0 Å². The van der Waals surface area contributed by atoms with E-state index in [1.165, 1.54) is 16.8 Å². The van der Waals surface area contributed by atoms with Crippen LogP contribution < -0.4 is 31.1 Å². The highest BCUT2D eigenvalue weighted by Crippen LogP contribution is 2.36. The number of fused-ring (bicyclic) bond motifs is 2. The quantitative estimate of drug-likeness (QED) is 0.480. The fraction of sp³-hybridized carbons (Fsp3) is 0.320. The van der Waals surface area contributed by atoms with Crippen LogP contribution in [0.3, 0.4) is 0 Å². The third-order valence-corrected chi connectivity index (χ3v) is 6.87. The van der Waals surface area contributed by atoms with Crippen molar-refractivity contribution in [3.8, 4) is 0 Å². The molecular weight excluding hydrogens is 464 g/mol. The van der Waals surface area contributed by atoms with Crippen molar-refractivity contribution in [2.24, 2.45) is 0 Å². The maximum Gasteiger partial charge on any atom is 0.322 e. The van der Waals surface area contributed by atoms with E-state index < -0.39 is 23.5 Å². The summed E-state index contributed by atoms with van der Waals surface area (Å²) in [5.74, 6) is -1.03. The van der Waals surface area contributed by atoms with Gasteiger partial charge >= 0.3 is 12.1 Å². The number of hydrogen-bond donors (Lipinski definition) is 4. The SMILES string of the molecule is CNC(=O)N1c2ccccc2N(CC(=O)Nc2ccc3c(c2)CC2(C3)NC(=O)NC2=O)C(=O)CC1C. The summed E-state index contributed by atoms with van der Waals surface area (Å²) in [6.07, 6.45) is 0.770. The molecule has 5 rings (SSSR count). The average molecular weight is 491 g/mol. The van der Waals surface area contributed by atoms with Crippen molar-refractivity contribution in [3.05, 3.63) is 53.6 Å². The van der Waals surface area contributed by atoms with E-state index in [0.29, 0.717) is 29.9 Å². The van der Waals surface area contributed by atoms with Crippen molar-refractivity contribution in [1.29, 1.82) is 0 Å². The Bertz CT molecular complexity index is 1310. The van der Waals surface area contributed by atoms with Crippen molar-refractivity contribution in [2.75, 3.05) is 28.7 Å². The van der Waals surface area contributed by atoms with Gasteiger partial charge in [-0.15, -0.1) is 0 Å². The van der Waals surface area contributed by atoms with E-state index in [9.17, 15) is 24.0 Å². The molecule has 0 radical (unpaired) electrons. The van der Waals surface area contributed by atoms with Gasteiger partial charge in [0, 0.05) is 38.0 Å². The fourth-order valence-electron chi connectivity index (χ4n) is 5.20. The lowest BCUT2D eigenvalue weighted by Crippen LogP contribution is -2.47. The first kappa shape index (κ1) is 23.3. The number of rotatable bonds is 3. The monoisotopic (exact) mass is 490 g/mol. The van der Waals surface area contributed by atoms with E-state index in [1.54, 1.807) is 43.3 Å². The largest absolute Gasteiger partial charge is 0.341 e. The van der Waals surface area contributed by atoms with Gasteiger partial charge in [0.15, 0.2) is 0 Å². The Labute approximate surface area is 207 Å². The molecule has 4 N–H and O–H groups in total. The highest BCUT2D eigenvalue weighted by atomic mass is 16.2. The predicted molar refractivity (Wildman–Crippen MR) is 132 cm³/mol. The summed E-state index contributed by atoms with van der Waals surface area (Å²) in [7, 11) is 1.53. The molecule has 1 saturated heterocycles.